The van der Waals surface area contributed by atoms with Gasteiger partial charge in [0, 0.05) is 38.8 Å². The molecule has 0 unspecified atom stereocenters. The highest BCUT2D eigenvalue weighted by atomic mass is 16.5. The van der Waals surface area contributed by atoms with E-state index in [-0.39, 0.29) is 0 Å². The van der Waals surface area contributed by atoms with Crippen molar-refractivity contribution < 1.29 is 4.74 Å². The molecule has 1 fully saturated rings. The van der Waals surface area contributed by atoms with Crippen LogP contribution in [0.4, 0.5) is 0 Å². The van der Waals surface area contributed by atoms with Crippen molar-refractivity contribution in [2.24, 2.45) is 0 Å². The highest BCUT2D eigenvalue weighted by Crippen LogP contribution is 2.16. The van der Waals surface area contributed by atoms with E-state index in [4.69, 9.17) is 4.74 Å². The molecule has 1 aromatic rings. The molecule has 0 spiro atoms. The molecular weight excluding hydrogens is 260 g/mol. The fourth-order valence-electron chi connectivity index (χ4n) is 2.81. The number of ether oxygens (including phenoxy) is 1. The van der Waals surface area contributed by atoms with E-state index >= 15 is 0 Å². The van der Waals surface area contributed by atoms with Crippen LogP contribution >= 0.6 is 0 Å². The van der Waals surface area contributed by atoms with Gasteiger partial charge >= 0.3 is 0 Å². The minimum absolute atomic E-state index is 0.482. The maximum absolute atomic E-state index is 5.71. The number of benzene rings is 1. The van der Waals surface area contributed by atoms with Gasteiger partial charge < -0.3 is 10.1 Å². The molecule has 0 amide bonds. The molecule has 1 saturated heterocycles. The van der Waals surface area contributed by atoms with E-state index in [2.05, 4.69) is 55.3 Å². The highest BCUT2D eigenvalue weighted by Gasteiger charge is 2.19. The summed E-state index contributed by atoms with van der Waals surface area (Å²) < 4.78 is 5.71. The Morgan fingerprint density at radius 1 is 1.14 bits per heavy atom. The van der Waals surface area contributed by atoms with Crippen molar-refractivity contribution in [3.8, 4) is 0 Å². The molecule has 1 aromatic carbocycles. The van der Waals surface area contributed by atoms with Crippen LogP contribution in [0.3, 0.4) is 0 Å². The van der Waals surface area contributed by atoms with E-state index in [1.165, 1.54) is 24.0 Å². The Kier molecular flexibility index (Phi) is 6.68. The minimum atomic E-state index is 0.482. The Morgan fingerprint density at radius 2 is 1.76 bits per heavy atom. The maximum Gasteiger partial charge on any atom is 0.0599 e. The molecule has 0 aliphatic carbocycles. The fourth-order valence-corrected chi connectivity index (χ4v) is 2.81. The van der Waals surface area contributed by atoms with Crippen LogP contribution in [0.2, 0.25) is 0 Å². The average Bonchev–Trinajstić information content (AvgIpc) is 2.49. The third kappa shape index (κ3) is 5.77. The first-order valence-electron chi connectivity index (χ1n) is 8.32. The van der Waals surface area contributed by atoms with Crippen LogP contribution < -0.4 is 5.32 Å². The highest BCUT2D eigenvalue weighted by molar-refractivity contribution is 5.22. The molecule has 21 heavy (non-hydrogen) atoms. The van der Waals surface area contributed by atoms with Gasteiger partial charge in [0.15, 0.2) is 0 Å². The van der Waals surface area contributed by atoms with Crippen LogP contribution in [0.1, 0.15) is 44.7 Å². The Morgan fingerprint density at radius 3 is 2.33 bits per heavy atom. The fraction of sp³-hybridized carbons (Fsp3) is 0.667. The van der Waals surface area contributed by atoms with Gasteiger partial charge in [0.2, 0.25) is 0 Å². The molecule has 1 aliphatic heterocycles. The minimum Gasteiger partial charge on any atom is -0.378 e. The second-order valence-corrected chi connectivity index (χ2v) is 6.28. The summed E-state index contributed by atoms with van der Waals surface area (Å²) in [5, 5.41) is 3.46. The summed E-state index contributed by atoms with van der Waals surface area (Å²) in [6, 6.07) is 9.57. The van der Waals surface area contributed by atoms with Gasteiger partial charge in [0.05, 0.1) is 6.10 Å². The molecule has 0 saturated carbocycles. The molecule has 1 aliphatic rings. The number of nitrogens with one attached hydrogen (secondary N) is 1. The van der Waals surface area contributed by atoms with Crippen LogP contribution in [0.25, 0.3) is 0 Å². The summed E-state index contributed by atoms with van der Waals surface area (Å²) in [7, 11) is 0. The van der Waals surface area contributed by atoms with Crippen LogP contribution in [0, 0.1) is 0 Å². The van der Waals surface area contributed by atoms with Gasteiger partial charge in [-0.3, -0.25) is 4.90 Å². The van der Waals surface area contributed by atoms with E-state index < -0.39 is 0 Å². The number of hydrogen-bond donors (Lipinski definition) is 1. The lowest BCUT2D eigenvalue weighted by atomic mass is 10.1. The molecule has 0 aromatic heterocycles. The molecule has 3 heteroatoms. The molecule has 1 N–H and O–H groups in total. The van der Waals surface area contributed by atoms with Gasteiger partial charge in [-0.25, -0.2) is 0 Å². The molecule has 0 radical (unpaired) electrons. The van der Waals surface area contributed by atoms with Gasteiger partial charge in [-0.1, -0.05) is 38.1 Å². The van der Waals surface area contributed by atoms with Crippen molar-refractivity contribution >= 4 is 0 Å². The van der Waals surface area contributed by atoms with Gasteiger partial charge in [0.1, 0.15) is 0 Å². The number of piperidine rings is 1. The third-order valence-electron chi connectivity index (χ3n) is 4.08. The SMILES string of the molecule is CCOC1CCN(Cc2ccc(CNC(C)C)cc2)CC1. The lowest BCUT2D eigenvalue weighted by Gasteiger charge is -2.31. The number of rotatable bonds is 7. The van der Waals surface area contributed by atoms with Crippen molar-refractivity contribution in [1.29, 1.82) is 0 Å². The summed E-state index contributed by atoms with van der Waals surface area (Å²) in [6.45, 7) is 11.6. The Hall–Kier alpha value is -0.900. The summed E-state index contributed by atoms with van der Waals surface area (Å²) in [6.07, 6.45) is 2.82. The van der Waals surface area contributed by atoms with Gasteiger partial charge in [-0.15, -0.1) is 0 Å². The van der Waals surface area contributed by atoms with Crippen molar-refractivity contribution in [1.82, 2.24) is 10.2 Å². The van der Waals surface area contributed by atoms with Crippen LogP contribution in [-0.2, 0) is 17.8 Å². The zero-order chi connectivity index (χ0) is 15.1. The first-order valence-corrected chi connectivity index (χ1v) is 8.32. The van der Waals surface area contributed by atoms with Gasteiger partial charge in [0.25, 0.3) is 0 Å². The largest absolute Gasteiger partial charge is 0.378 e. The number of likely N-dealkylation sites (tertiary alicyclic amines) is 1. The van der Waals surface area contributed by atoms with Crippen LogP contribution in [0.15, 0.2) is 24.3 Å². The van der Waals surface area contributed by atoms with E-state index in [1.54, 1.807) is 0 Å². The van der Waals surface area contributed by atoms with E-state index in [1.807, 2.05) is 0 Å². The maximum atomic E-state index is 5.71. The smallest absolute Gasteiger partial charge is 0.0599 e. The topological polar surface area (TPSA) is 24.5 Å². The summed E-state index contributed by atoms with van der Waals surface area (Å²) in [5.41, 5.74) is 2.78. The Labute approximate surface area is 129 Å². The summed E-state index contributed by atoms with van der Waals surface area (Å²) >= 11 is 0. The van der Waals surface area contributed by atoms with Crippen molar-refractivity contribution in [3.63, 3.8) is 0 Å². The molecule has 0 atom stereocenters. The lowest BCUT2D eigenvalue weighted by Crippen LogP contribution is -2.36. The Bertz CT molecular complexity index is 394. The normalized spacial score (nSPS) is 17.5. The molecule has 1 heterocycles. The standard InChI is InChI=1S/C18H30N2O/c1-4-21-18-9-11-20(12-10-18)14-17-7-5-16(6-8-17)13-19-15(2)3/h5-8,15,18-19H,4,9-14H2,1-3H3. The van der Waals surface area contributed by atoms with E-state index in [0.29, 0.717) is 12.1 Å². The van der Waals surface area contributed by atoms with Gasteiger partial charge in [-0.05, 0) is 30.9 Å². The Balaban J connectivity index is 1.76. The second-order valence-electron chi connectivity index (χ2n) is 6.28. The predicted molar refractivity (Wildman–Crippen MR) is 88.3 cm³/mol. The van der Waals surface area contributed by atoms with Crippen LogP contribution in [-0.4, -0.2) is 36.7 Å². The van der Waals surface area contributed by atoms with Crippen molar-refractivity contribution in [3.05, 3.63) is 35.4 Å². The summed E-state index contributed by atoms with van der Waals surface area (Å²) in [5.74, 6) is 0. The van der Waals surface area contributed by atoms with E-state index in [9.17, 15) is 0 Å². The average molecular weight is 290 g/mol. The number of nitrogens with zero attached hydrogens (tertiary/aromatic N) is 1. The number of hydrogen-bond acceptors (Lipinski definition) is 3. The monoisotopic (exact) mass is 290 g/mol. The van der Waals surface area contributed by atoms with E-state index in [0.717, 1.165) is 32.8 Å². The predicted octanol–water partition coefficient (Wildman–Crippen LogP) is 3.19. The van der Waals surface area contributed by atoms with Crippen molar-refractivity contribution in [2.75, 3.05) is 19.7 Å². The van der Waals surface area contributed by atoms with Crippen molar-refractivity contribution in [2.45, 2.75) is 58.8 Å². The quantitative estimate of drug-likeness (QED) is 0.834. The first kappa shape index (κ1) is 16.5. The van der Waals surface area contributed by atoms with Crippen LogP contribution in [0.5, 0.6) is 0 Å². The zero-order valence-electron chi connectivity index (χ0n) is 13.8. The molecule has 118 valence electrons. The second kappa shape index (κ2) is 8.52. The molecule has 2 rings (SSSR count). The summed E-state index contributed by atoms with van der Waals surface area (Å²) in [4.78, 5) is 2.54. The zero-order valence-corrected chi connectivity index (χ0v) is 13.8. The lowest BCUT2D eigenvalue weighted by molar-refractivity contribution is 0.0125. The van der Waals surface area contributed by atoms with Gasteiger partial charge in [-0.2, -0.15) is 0 Å². The first-order chi connectivity index (χ1) is 10.2. The molecule has 3 nitrogen and oxygen atoms in total. The molecular formula is C18H30N2O. The molecule has 0 bridgehead atoms. The third-order valence-corrected chi connectivity index (χ3v) is 4.08.